The third kappa shape index (κ3) is 10.9. The van der Waals surface area contributed by atoms with Crippen LogP contribution in [0.4, 0.5) is 0 Å². The molecule has 7 aromatic rings. The van der Waals surface area contributed by atoms with Crippen molar-refractivity contribution in [3.8, 4) is 66.8 Å². The zero-order chi connectivity index (χ0) is 50.0. The molecule has 0 aliphatic carbocycles. The second-order valence-corrected chi connectivity index (χ2v) is 24.5. The predicted molar refractivity (Wildman–Crippen MR) is 317 cm³/mol. The van der Waals surface area contributed by atoms with Gasteiger partial charge in [0.15, 0.2) is 0 Å². The van der Waals surface area contributed by atoms with Crippen LogP contribution in [0.25, 0.3) is 66.8 Å². The molecule has 0 fully saturated rings. The lowest BCUT2D eigenvalue weighted by molar-refractivity contribution is 0.836. The third-order valence-electron chi connectivity index (χ3n) is 14.5. The molecule has 0 aliphatic heterocycles. The van der Waals surface area contributed by atoms with E-state index in [9.17, 15) is 0 Å². The van der Waals surface area contributed by atoms with E-state index >= 15 is 0 Å². The minimum atomic E-state index is 0.379. The number of rotatable bonds is 16. The highest BCUT2D eigenvalue weighted by molar-refractivity contribution is 14.2. The molecule has 69 heavy (non-hydrogen) atoms. The van der Waals surface area contributed by atoms with Crippen molar-refractivity contribution < 1.29 is 0 Å². The summed E-state index contributed by atoms with van der Waals surface area (Å²) in [6.07, 6.45) is 0. The first kappa shape index (κ1) is 52.4. The first-order valence-corrected chi connectivity index (χ1v) is 29.6. The maximum atomic E-state index is 2.54. The number of hydrogen-bond acceptors (Lipinski definition) is 1. The van der Waals surface area contributed by atoms with Gasteiger partial charge in [-0.2, -0.15) is 0 Å². The molecule has 0 atom stereocenters. The van der Waals surface area contributed by atoms with Gasteiger partial charge < -0.3 is 0 Å². The van der Waals surface area contributed by atoms with Crippen molar-refractivity contribution in [2.24, 2.45) is 0 Å². The van der Waals surface area contributed by atoms with Gasteiger partial charge in [-0.15, -0.1) is 0 Å². The number of benzene rings is 7. The second-order valence-electron chi connectivity index (χ2n) is 22.2. The number of halogens is 1. The average molecular weight is 1040 g/mol. The van der Waals surface area contributed by atoms with Crippen LogP contribution in [0.2, 0.25) is 0 Å². The summed E-state index contributed by atoms with van der Waals surface area (Å²) in [5.74, 6) is 3.92. The topological polar surface area (TPSA) is 0 Å². The van der Waals surface area contributed by atoms with Crippen molar-refractivity contribution in [1.82, 2.24) is 0 Å². The molecule has 0 unspecified atom stereocenters. The Morgan fingerprint density at radius 1 is 0.290 bits per heavy atom. The molecular formula is C67H79IS. The van der Waals surface area contributed by atoms with Crippen molar-refractivity contribution in [3.05, 3.63) is 177 Å². The summed E-state index contributed by atoms with van der Waals surface area (Å²) < 4.78 is 0. The molecule has 0 aliphatic rings. The fourth-order valence-corrected chi connectivity index (χ4v) is 12.4. The maximum absolute atomic E-state index is 2.54. The lowest BCUT2D eigenvalue weighted by atomic mass is 9.79. The minimum absolute atomic E-state index is 0.379. The standard InChI is InChI=1S/C67H79IS/c1-39(2)53-22-17-23-54(40(3)4)64(53)49-32-47(33-50(36-49)65-55(41(5)6)24-18-25-56(65)42(7)8)61-30-21-31-62(63(61)38-69-68)48-34-51(66-57(43(9)10)26-19-27-58(66)44(11)12)37-52(35-48)67-59(45(13)14)28-20-29-60(67)46(15)16/h17-37,39-46H,38H2,1-16H3. The Kier molecular flexibility index (Phi) is 17.0. The fraction of sp³-hybridized carbons (Fsp3) is 0.373. The Balaban J connectivity index is 1.63. The summed E-state index contributed by atoms with van der Waals surface area (Å²) in [5, 5.41) is 0. The predicted octanol–water partition coefficient (Wildman–Crippen LogP) is 22.3. The lowest BCUT2D eigenvalue weighted by Crippen LogP contribution is -2.03. The van der Waals surface area contributed by atoms with E-state index < -0.39 is 0 Å². The van der Waals surface area contributed by atoms with Gasteiger partial charge in [0.2, 0.25) is 0 Å². The second kappa shape index (κ2) is 22.4. The van der Waals surface area contributed by atoms with Crippen molar-refractivity contribution in [2.45, 2.75) is 164 Å². The molecule has 0 amide bonds. The first-order chi connectivity index (χ1) is 32.8. The van der Waals surface area contributed by atoms with Crippen LogP contribution in [-0.2, 0) is 5.75 Å². The zero-order valence-corrected chi connectivity index (χ0v) is 47.7. The van der Waals surface area contributed by atoms with Gasteiger partial charge in [-0.1, -0.05) is 211 Å². The van der Waals surface area contributed by atoms with Crippen LogP contribution in [-0.4, -0.2) is 0 Å². The molecule has 0 aromatic heterocycles. The Morgan fingerprint density at radius 3 is 0.667 bits per heavy atom. The maximum Gasteiger partial charge on any atom is 0.0297 e. The minimum Gasteiger partial charge on any atom is -0.0845 e. The van der Waals surface area contributed by atoms with Crippen LogP contribution >= 0.6 is 30.1 Å². The van der Waals surface area contributed by atoms with Gasteiger partial charge >= 0.3 is 0 Å². The van der Waals surface area contributed by atoms with Crippen LogP contribution in [0, 0.1) is 0 Å². The third-order valence-corrected chi connectivity index (χ3v) is 15.8. The van der Waals surface area contributed by atoms with Gasteiger partial charge in [-0.25, -0.2) is 0 Å². The van der Waals surface area contributed by atoms with Gasteiger partial charge in [0.05, 0.1) is 0 Å². The molecular weight excluding hydrogens is 964 g/mol. The van der Waals surface area contributed by atoms with E-state index in [1.165, 1.54) is 117 Å². The molecule has 7 rings (SSSR count). The Morgan fingerprint density at radius 2 is 0.478 bits per heavy atom. The quantitative estimate of drug-likeness (QED) is 0.0869. The monoisotopic (exact) mass is 1040 g/mol. The molecule has 0 nitrogen and oxygen atoms in total. The van der Waals surface area contributed by atoms with E-state index in [0.29, 0.717) is 47.3 Å². The van der Waals surface area contributed by atoms with Crippen molar-refractivity contribution >= 4 is 30.1 Å². The molecule has 0 heterocycles. The molecule has 7 aromatic carbocycles. The molecule has 360 valence electrons. The van der Waals surface area contributed by atoms with Crippen LogP contribution in [0.15, 0.2) is 127 Å². The van der Waals surface area contributed by atoms with Gasteiger partial charge in [0, 0.05) is 5.75 Å². The molecule has 0 bridgehead atoms. The van der Waals surface area contributed by atoms with Crippen molar-refractivity contribution in [1.29, 1.82) is 0 Å². The van der Waals surface area contributed by atoms with E-state index in [4.69, 9.17) is 0 Å². The van der Waals surface area contributed by atoms with Crippen LogP contribution in [0.5, 0.6) is 0 Å². The summed E-state index contributed by atoms with van der Waals surface area (Å²) in [6, 6.07) is 50.4. The van der Waals surface area contributed by atoms with Gasteiger partial charge in [-0.3, -0.25) is 0 Å². The highest BCUT2D eigenvalue weighted by atomic mass is 127. The molecule has 0 spiro atoms. The lowest BCUT2D eigenvalue weighted by Gasteiger charge is -2.25. The summed E-state index contributed by atoms with van der Waals surface area (Å²) in [5.41, 5.74) is 28.7. The van der Waals surface area contributed by atoms with Gasteiger partial charge in [0.25, 0.3) is 0 Å². The average Bonchev–Trinajstić information content (AvgIpc) is 3.32. The Labute approximate surface area is 435 Å². The van der Waals surface area contributed by atoms with E-state index in [1.807, 2.05) is 8.93 Å². The molecule has 2 heteroatoms. The largest absolute Gasteiger partial charge is 0.0845 e. The van der Waals surface area contributed by atoms with Crippen LogP contribution in [0.1, 0.15) is 208 Å². The van der Waals surface area contributed by atoms with E-state index in [1.54, 1.807) is 0 Å². The summed E-state index contributed by atoms with van der Waals surface area (Å²) >= 11 is 2.54. The Hall–Kier alpha value is -4.38. The zero-order valence-electron chi connectivity index (χ0n) is 44.7. The summed E-state index contributed by atoms with van der Waals surface area (Å²) in [6.45, 7) is 37.7. The highest BCUT2D eigenvalue weighted by Gasteiger charge is 2.25. The van der Waals surface area contributed by atoms with Crippen LogP contribution in [0.3, 0.4) is 0 Å². The van der Waals surface area contributed by atoms with E-state index in [2.05, 4.69) is 259 Å². The van der Waals surface area contributed by atoms with Crippen LogP contribution < -0.4 is 0 Å². The van der Waals surface area contributed by atoms with E-state index in [0.717, 1.165) is 5.75 Å². The van der Waals surface area contributed by atoms with E-state index in [-0.39, 0.29) is 0 Å². The van der Waals surface area contributed by atoms with Gasteiger partial charge in [-0.05, 0) is 222 Å². The van der Waals surface area contributed by atoms with Crippen molar-refractivity contribution in [2.75, 3.05) is 0 Å². The van der Waals surface area contributed by atoms with Crippen molar-refractivity contribution in [3.63, 3.8) is 0 Å². The molecule has 0 saturated heterocycles. The van der Waals surface area contributed by atoms with Gasteiger partial charge in [0.1, 0.15) is 0 Å². The molecule has 0 saturated carbocycles. The Bertz CT molecular complexity index is 2460. The molecule has 0 N–H and O–H groups in total. The SMILES string of the molecule is CC(C)c1cccc(C(C)C)c1-c1cc(-c2cccc(-c3cc(-c4c(C(C)C)cccc4C(C)C)cc(-c4c(C(C)C)cccc4C(C)C)c3)c2CSI)cc(-c2c(C(C)C)cccc2C(C)C)c1. The number of hydrogen-bond donors (Lipinski definition) is 0. The summed E-state index contributed by atoms with van der Waals surface area (Å²) in [7, 11) is 1.90. The highest BCUT2D eigenvalue weighted by Crippen LogP contribution is 2.48. The smallest absolute Gasteiger partial charge is 0.0297 e. The molecule has 0 radical (unpaired) electrons. The first-order valence-electron chi connectivity index (χ1n) is 26.0. The fourth-order valence-electron chi connectivity index (χ4n) is 11.0. The normalized spacial score (nSPS) is 12.1. The summed E-state index contributed by atoms with van der Waals surface area (Å²) in [4.78, 5) is 0.